The predicted molar refractivity (Wildman–Crippen MR) is 140 cm³/mol. The minimum absolute atomic E-state index is 0. The number of rotatable bonds is 8. The Morgan fingerprint density at radius 3 is 2.36 bits per heavy atom. The van der Waals surface area contributed by atoms with Crippen molar-refractivity contribution in [3.05, 3.63) is 30.1 Å². The Labute approximate surface area is 212 Å². The van der Waals surface area contributed by atoms with Gasteiger partial charge < -0.3 is 25.4 Å². The van der Waals surface area contributed by atoms with Crippen molar-refractivity contribution in [3.8, 4) is 17.1 Å². The van der Waals surface area contributed by atoms with Gasteiger partial charge >= 0.3 is 6.09 Å². The van der Waals surface area contributed by atoms with Crippen LogP contribution in [0.4, 0.5) is 4.79 Å². The first-order chi connectivity index (χ1) is 15.0. The number of H-pyrrole nitrogens is 1. The molecule has 0 unspecified atom stereocenters. The molecule has 4 N–H and O–H groups in total. The van der Waals surface area contributed by atoms with E-state index in [1.165, 1.54) is 0 Å². The highest BCUT2D eigenvalue weighted by atomic mass is 127. The molecule has 0 aliphatic heterocycles. The molecule has 1 aromatic heterocycles. The van der Waals surface area contributed by atoms with E-state index >= 15 is 0 Å². The van der Waals surface area contributed by atoms with Gasteiger partial charge in [-0.3, -0.25) is 5.10 Å². The molecule has 2 rings (SSSR count). The van der Waals surface area contributed by atoms with Gasteiger partial charge in [0.05, 0.1) is 12.6 Å². The minimum atomic E-state index is -0.550. The smallest absolute Gasteiger partial charge is 0.408 e. The fourth-order valence-corrected chi connectivity index (χ4v) is 2.66. The Morgan fingerprint density at radius 2 is 1.79 bits per heavy atom. The van der Waals surface area contributed by atoms with Gasteiger partial charge in [0.2, 0.25) is 0 Å². The molecule has 0 fully saturated rings. The summed E-state index contributed by atoms with van der Waals surface area (Å²) in [6.45, 7) is 12.8. The SMILES string of the molecule is CCNC(=NCc1nc(-c2ccc(OC)cc2)n[nH]1)NCC(C)(C)NC(=O)OC(C)(C)C.I. The summed E-state index contributed by atoms with van der Waals surface area (Å²) >= 11 is 0. The monoisotopic (exact) mass is 573 g/mol. The average Bonchev–Trinajstić information content (AvgIpc) is 3.17. The first kappa shape index (κ1) is 28.5. The molecule has 0 bridgehead atoms. The number of benzene rings is 1. The number of carbonyl (C=O) groups is 1. The number of amides is 1. The standard InChI is InChI=1S/C22H35N7O3.HI/c1-8-23-19(25-14-22(5,6)27-20(30)32-21(2,3)4)24-13-17-26-18(29-28-17)15-9-11-16(31-7)12-10-15;/h9-12H,8,13-14H2,1-7H3,(H,27,30)(H2,23,24,25)(H,26,28,29);1H. The van der Waals surface area contributed by atoms with Crippen molar-refractivity contribution in [3.63, 3.8) is 0 Å². The summed E-state index contributed by atoms with van der Waals surface area (Å²) in [6.07, 6.45) is -0.459. The van der Waals surface area contributed by atoms with Crippen molar-refractivity contribution in [2.75, 3.05) is 20.2 Å². The second kappa shape index (κ2) is 12.6. The largest absolute Gasteiger partial charge is 0.497 e. The molecule has 0 aliphatic carbocycles. The van der Waals surface area contributed by atoms with Crippen molar-refractivity contribution >= 4 is 36.0 Å². The normalized spacial score (nSPS) is 11.9. The molecule has 0 radical (unpaired) electrons. The van der Waals surface area contributed by atoms with E-state index in [0.29, 0.717) is 37.2 Å². The van der Waals surface area contributed by atoms with Gasteiger partial charge in [-0.1, -0.05) is 0 Å². The average molecular weight is 573 g/mol. The van der Waals surface area contributed by atoms with Crippen LogP contribution in [0.2, 0.25) is 0 Å². The highest BCUT2D eigenvalue weighted by Gasteiger charge is 2.24. The molecule has 11 heteroatoms. The number of hydrogen-bond acceptors (Lipinski definition) is 6. The van der Waals surface area contributed by atoms with Crippen molar-refractivity contribution < 1.29 is 14.3 Å². The van der Waals surface area contributed by atoms with Crippen LogP contribution in [0.25, 0.3) is 11.4 Å². The number of aromatic amines is 1. The van der Waals surface area contributed by atoms with E-state index in [1.54, 1.807) is 7.11 Å². The molecular weight excluding hydrogens is 537 g/mol. The van der Waals surface area contributed by atoms with E-state index < -0.39 is 17.2 Å². The molecular formula is C22H36IN7O3. The highest BCUT2D eigenvalue weighted by molar-refractivity contribution is 14.0. The lowest BCUT2D eigenvalue weighted by Gasteiger charge is -2.29. The van der Waals surface area contributed by atoms with Crippen LogP contribution in [0.15, 0.2) is 29.3 Å². The summed E-state index contributed by atoms with van der Waals surface area (Å²) in [7, 11) is 1.63. The molecule has 0 atom stereocenters. The van der Waals surface area contributed by atoms with Crippen molar-refractivity contribution in [1.82, 2.24) is 31.1 Å². The molecule has 1 amide bonds. The van der Waals surface area contributed by atoms with Gasteiger partial charge in [0.1, 0.15) is 23.7 Å². The predicted octanol–water partition coefficient (Wildman–Crippen LogP) is 3.46. The third-order valence-electron chi connectivity index (χ3n) is 4.15. The second-order valence-corrected chi connectivity index (χ2v) is 8.89. The Hall–Kier alpha value is -2.57. The second-order valence-electron chi connectivity index (χ2n) is 8.89. The van der Waals surface area contributed by atoms with E-state index in [1.807, 2.05) is 65.8 Å². The fourth-order valence-electron chi connectivity index (χ4n) is 2.66. The Bertz CT molecular complexity index is 905. The van der Waals surface area contributed by atoms with E-state index in [-0.39, 0.29) is 24.0 Å². The van der Waals surface area contributed by atoms with Crippen LogP contribution in [0.3, 0.4) is 0 Å². The number of alkyl carbamates (subject to hydrolysis) is 1. The third-order valence-corrected chi connectivity index (χ3v) is 4.15. The van der Waals surface area contributed by atoms with Gasteiger partial charge in [0.25, 0.3) is 0 Å². The summed E-state index contributed by atoms with van der Waals surface area (Å²) in [5, 5.41) is 16.5. The number of aliphatic imine (C=N–C) groups is 1. The van der Waals surface area contributed by atoms with Crippen LogP contribution in [-0.4, -0.2) is 58.6 Å². The highest BCUT2D eigenvalue weighted by Crippen LogP contribution is 2.19. The third kappa shape index (κ3) is 10.3. The number of carbonyl (C=O) groups excluding carboxylic acids is 1. The van der Waals surface area contributed by atoms with Crippen LogP contribution in [-0.2, 0) is 11.3 Å². The zero-order valence-corrected chi connectivity index (χ0v) is 22.7. The molecule has 1 aromatic carbocycles. The maximum atomic E-state index is 12.1. The van der Waals surface area contributed by atoms with Crippen molar-refractivity contribution in [2.24, 2.45) is 4.99 Å². The maximum Gasteiger partial charge on any atom is 0.408 e. The lowest BCUT2D eigenvalue weighted by atomic mass is 10.1. The number of guanidine groups is 1. The number of nitrogens with zero attached hydrogens (tertiary/aromatic N) is 3. The lowest BCUT2D eigenvalue weighted by molar-refractivity contribution is 0.0474. The van der Waals surface area contributed by atoms with Crippen LogP contribution in [0.5, 0.6) is 5.75 Å². The molecule has 0 spiro atoms. The quantitative estimate of drug-likeness (QED) is 0.217. The minimum Gasteiger partial charge on any atom is -0.497 e. The Morgan fingerprint density at radius 1 is 1.12 bits per heavy atom. The van der Waals surface area contributed by atoms with Gasteiger partial charge in [-0.25, -0.2) is 14.8 Å². The van der Waals surface area contributed by atoms with Gasteiger partial charge in [-0.2, -0.15) is 5.10 Å². The summed E-state index contributed by atoms with van der Waals surface area (Å²) < 4.78 is 10.5. The molecule has 2 aromatic rings. The fraction of sp³-hybridized carbons (Fsp3) is 0.545. The molecule has 0 aliphatic rings. The summed E-state index contributed by atoms with van der Waals surface area (Å²) in [4.78, 5) is 21.1. The van der Waals surface area contributed by atoms with Gasteiger partial charge in [-0.05, 0) is 65.8 Å². The molecule has 0 saturated carbocycles. The number of halogens is 1. The number of hydrogen-bond donors (Lipinski definition) is 4. The molecule has 0 saturated heterocycles. The van der Waals surface area contributed by atoms with Crippen LogP contribution >= 0.6 is 24.0 Å². The van der Waals surface area contributed by atoms with Crippen LogP contribution in [0.1, 0.15) is 47.4 Å². The Balaban J connectivity index is 0.00000544. The van der Waals surface area contributed by atoms with Crippen LogP contribution < -0.4 is 20.7 Å². The first-order valence-electron chi connectivity index (χ1n) is 10.6. The van der Waals surface area contributed by atoms with Crippen molar-refractivity contribution in [2.45, 2.75) is 59.2 Å². The molecule has 33 heavy (non-hydrogen) atoms. The van der Waals surface area contributed by atoms with Crippen LogP contribution in [0, 0.1) is 0 Å². The first-order valence-corrected chi connectivity index (χ1v) is 10.6. The van der Waals surface area contributed by atoms with E-state index in [2.05, 4.69) is 36.1 Å². The number of methoxy groups -OCH3 is 1. The maximum absolute atomic E-state index is 12.1. The number of aromatic nitrogens is 3. The van der Waals surface area contributed by atoms with E-state index in [4.69, 9.17) is 9.47 Å². The van der Waals surface area contributed by atoms with E-state index in [9.17, 15) is 4.79 Å². The Kier molecular flexibility index (Phi) is 10.9. The zero-order chi connectivity index (χ0) is 23.8. The number of ether oxygens (including phenoxy) is 2. The van der Waals surface area contributed by atoms with E-state index in [0.717, 1.165) is 11.3 Å². The number of nitrogens with one attached hydrogen (secondary N) is 4. The molecule has 10 nitrogen and oxygen atoms in total. The lowest BCUT2D eigenvalue weighted by Crippen LogP contribution is -2.54. The zero-order valence-electron chi connectivity index (χ0n) is 20.4. The molecule has 184 valence electrons. The van der Waals surface area contributed by atoms with Gasteiger partial charge in [0.15, 0.2) is 11.8 Å². The van der Waals surface area contributed by atoms with Gasteiger partial charge in [0, 0.05) is 18.7 Å². The van der Waals surface area contributed by atoms with Gasteiger partial charge in [-0.15, -0.1) is 24.0 Å². The van der Waals surface area contributed by atoms with Crippen molar-refractivity contribution in [1.29, 1.82) is 0 Å². The molecule has 1 heterocycles. The summed E-state index contributed by atoms with van der Waals surface area (Å²) in [5.74, 6) is 2.62. The summed E-state index contributed by atoms with van der Waals surface area (Å²) in [5.41, 5.74) is -0.213. The summed E-state index contributed by atoms with van der Waals surface area (Å²) in [6, 6.07) is 7.54. The topological polar surface area (TPSA) is 126 Å².